The molecule has 0 aliphatic rings. The fourth-order valence-corrected chi connectivity index (χ4v) is 1.52. The first-order chi connectivity index (χ1) is 7.81. The van der Waals surface area contributed by atoms with Gasteiger partial charge in [0.05, 0.1) is 17.0 Å². The number of hydrogen-bond donors (Lipinski definition) is 1. The molecule has 3 nitrogen and oxygen atoms in total. The molecular formula is C12H11ClN2O. The zero-order valence-electron chi connectivity index (χ0n) is 8.61. The first kappa shape index (κ1) is 10.8. The molecule has 0 saturated heterocycles. The van der Waals surface area contributed by atoms with E-state index in [1.54, 1.807) is 18.5 Å². The number of anilines is 1. The Morgan fingerprint density at radius 2 is 2.44 bits per heavy atom. The topological polar surface area (TPSA) is 38.1 Å². The van der Waals surface area contributed by atoms with Gasteiger partial charge < -0.3 is 9.73 Å². The van der Waals surface area contributed by atoms with Crippen LogP contribution in [0, 0.1) is 0 Å². The van der Waals surface area contributed by atoms with Gasteiger partial charge in [-0.25, -0.2) is 4.98 Å². The average Bonchev–Trinajstić information content (AvgIpc) is 2.80. The van der Waals surface area contributed by atoms with Crippen LogP contribution in [0.25, 0.3) is 11.5 Å². The maximum Gasteiger partial charge on any atom is 0.154 e. The molecule has 2 aromatic heterocycles. The maximum absolute atomic E-state index is 5.90. The average molecular weight is 235 g/mol. The number of hydrogen-bond acceptors (Lipinski definition) is 3. The molecule has 0 aliphatic carbocycles. The second-order valence-corrected chi connectivity index (χ2v) is 3.63. The number of rotatable bonds is 4. The third-order valence-electron chi connectivity index (χ3n) is 2.05. The predicted molar refractivity (Wildman–Crippen MR) is 65.6 cm³/mol. The number of nitrogens with one attached hydrogen (secondary N) is 1. The van der Waals surface area contributed by atoms with E-state index in [2.05, 4.69) is 16.9 Å². The smallest absolute Gasteiger partial charge is 0.154 e. The Morgan fingerprint density at radius 3 is 3.12 bits per heavy atom. The SMILES string of the molecule is C=CCNc1cc(Cl)cnc1-c1ccco1. The highest BCUT2D eigenvalue weighted by atomic mass is 35.5. The van der Waals surface area contributed by atoms with Crippen LogP contribution in [0.4, 0.5) is 5.69 Å². The molecule has 0 atom stereocenters. The van der Waals surface area contributed by atoms with Gasteiger partial charge in [0.15, 0.2) is 5.76 Å². The minimum absolute atomic E-state index is 0.585. The van der Waals surface area contributed by atoms with Crippen molar-refractivity contribution >= 4 is 17.3 Å². The van der Waals surface area contributed by atoms with E-state index in [-0.39, 0.29) is 0 Å². The molecule has 82 valence electrons. The first-order valence-corrected chi connectivity index (χ1v) is 5.23. The highest BCUT2D eigenvalue weighted by Gasteiger charge is 2.09. The Balaban J connectivity index is 2.39. The largest absolute Gasteiger partial charge is 0.463 e. The standard InChI is InChI=1S/C12H11ClN2O/c1-2-5-14-10-7-9(13)8-15-12(10)11-4-3-6-16-11/h2-4,6-8,14H,1,5H2. The molecule has 0 unspecified atom stereocenters. The minimum Gasteiger partial charge on any atom is -0.463 e. The van der Waals surface area contributed by atoms with E-state index in [1.165, 1.54) is 0 Å². The quantitative estimate of drug-likeness (QED) is 0.822. The maximum atomic E-state index is 5.90. The second-order valence-electron chi connectivity index (χ2n) is 3.20. The third kappa shape index (κ3) is 2.25. The number of aromatic nitrogens is 1. The zero-order valence-corrected chi connectivity index (χ0v) is 9.37. The zero-order chi connectivity index (χ0) is 11.4. The molecule has 0 saturated carbocycles. The lowest BCUT2D eigenvalue weighted by Gasteiger charge is -2.08. The summed E-state index contributed by atoms with van der Waals surface area (Å²) < 4.78 is 5.31. The van der Waals surface area contributed by atoms with Gasteiger partial charge >= 0.3 is 0 Å². The van der Waals surface area contributed by atoms with Crippen LogP contribution in [-0.4, -0.2) is 11.5 Å². The molecule has 2 heterocycles. The lowest BCUT2D eigenvalue weighted by molar-refractivity contribution is 0.580. The highest BCUT2D eigenvalue weighted by Crippen LogP contribution is 2.28. The molecule has 2 rings (SSSR count). The lowest BCUT2D eigenvalue weighted by atomic mass is 10.2. The minimum atomic E-state index is 0.585. The van der Waals surface area contributed by atoms with Gasteiger partial charge in [0, 0.05) is 12.7 Å². The lowest BCUT2D eigenvalue weighted by Crippen LogP contribution is -2.00. The van der Waals surface area contributed by atoms with Crippen molar-refractivity contribution in [3.05, 3.63) is 48.3 Å². The van der Waals surface area contributed by atoms with Crippen LogP contribution in [0.3, 0.4) is 0 Å². The summed E-state index contributed by atoms with van der Waals surface area (Å²) in [4.78, 5) is 4.25. The molecule has 0 bridgehead atoms. The van der Waals surface area contributed by atoms with Crippen LogP contribution in [0.15, 0.2) is 47.7 Å². The summed E-state index contributed by atoms with van der Waals surface area (Å²) >= 11 is 5.90. The summed E-state index contributed by atoms with van der Waals surface area (Å²) in [5, 5.41) is 3.75. The van der Waals surface area contributed by atoms with Crippen molar-refractivity contribution in [1.82, 2.24) is 4.98 Å². The summed E-state index contributed by atoms with van der Waals surface area (Å²) in [5.74, 6) is 0.711. The summed E-state index contributed by atoms with van der Waals surface area (Å²) in [6.07, 6.45) is 4.98. The van der Waals surface area contributed by atoms with E-state index < -0.39 is 0 Å². The predicted octanol–water partition coefficient (Wildman–Crippen LogP) is 3.59. The van der Waals surface area contributed by atoms with Gasteiger partial charge in [-0.05, 0) is 18.2 Å². The van der Waals surface area contributed by atoms with Crippen molar-refractivity contribution in [2.45, 2.75) is 0 Å². The van der Waals surface area contributed by atoms with Crippen LogP contribution >= 0.6 is 11.6 Å². The summed E-state index contributed by atoms with van der Waals surface area (Å²) in [6.45, 7) is 4.30. The Hall–Kier alpha value is -1.74. The summed E-state index contributed by atoms with van der Waals surface area (Å²) in [7, 11) is 0. The molecule has 0 radical (unpaired) electrons. The van der Waals surface area contributed by atoms with Crippen LogP contribution in [0.2, 0.25) is 5.02 Å². The van der Waals surface area contributed by atoms with E-state index in [0.717, 1.165) is 11.4 Å². The molecule has 0 amide bonds. The number of nitrogens with zero attached hydrogens (tertiary/aromatic N) is 1. The van der Waals surface area contributed by atoms with Gasteiger partial charge in [-0.3, -0.25) is 0 Å². The van der Waals surface area contributed by atoms with Gasteiger partial charge in [0.25, 0.3) is 0 Å². The Labute approximate surface area is 98.8 Å². The summed E-state index contributed by atoms with van der Waals surface area (Å²) in [6, 6.07) is 5.49. The molecule has 0 aromatic carbocycles. The Morgan fingerprint density at radius 1 is 1.56 bits per heavy atom. The van der Waals surface area contributed by atoms with E-state index in [4.69, 9.17) is 16.0 Å². The fraction of sp³-hybridized carbons (Fsp3) is 0.0833. The van der Waals surface area contributed by atoms with Crippen molar-refractivity contribution in [1.29, 1.82) is 0 Å². The molecule has 16 heavy (non-hydrogen) atoms. The number of pyridine rings is 1. The summed E-state index contributed by atoms with van der Waals surface area (Å²) in [5.41, 5.74) is 1.58. The third-order valence-corrected chi connectivity index (χ3v) is 2.25. The first-order valence-electron chi connectivity index (χ1n) is 4.85. The van der Waals surface area contributed by atoms with Crippen LogP contribution in [0.5, 0.6) is 0 Å². The van der Waals surface area contributed by atoms with E-state index in [1.807, 2.05) is 18.2 Å². The highest BCUT2D eigenvalue weighted by molar-refractivity contribution is 6.30. The molecular weight excluding hydrogens is 224 g/mol. The van der Waals surface area contributed by atoms with Crippen LogP contribution in [-0.2, 0) is 0 Å². The van der Waals surface area contributed by atoms with Gasteiger partial charge in [0.2, 0.25) is 0 Å². The van der Waals surface area contributed by atoms with Crippen molar-refractivity contribution < 1.29 is 4.42 Å². The van der Waals surface area contributed by atoms with Crippen molar-refractivity contribution in [3.8, 4) is 11.5 Å². The Bertz CT molecular complexity index is 480. The molecule has 0 fully saturated rings. The van der Waals surface area contributed by atoms with Gasteiger partial charge in [-0.15, -0.1) is 6.58 Å². The molecule has 2 aromatic rings. The van der Waals surface area contributed by atoms with E-state index >= 15 is 0 Å². The number of furan rings is 1. The second kappa shape index (κ2) is 4.86. The molecule has 4 heteroatoms. The monoisotopic (exact) mass is 234 g/mol. The van der Waals surface area contributed by atoms with E-state index in [9.17, 15) is 0 Å². The van der Waals surface area contributed by atoms with E-state index in [0.29, 0.717) is 17.3 Å². The van der Waals surface area contributed by atoms with Gasteiger partial charge in [-0.1, -0.05) is 17.7 Å². The van der Waals surface area contributed by atoms with Gasteiger partial charge in [0.1, 0.15) is 5.69 Å². The van der Waals surface area contributed by atoms with Crippen molar-refractivity contribution in [2.75, 3.05) is 11.9 Å². The fourth-order valence-electron chi connectivity index (χ4n) is 1.37. The normalized spacial score (nSPS) is 10.1. The molecule has 0 aliphatic heterocycles. The van der Waals surface area contributed by atoms with Crippen molar-refractivity contribution in [3.63, 3.8) is 0 Å². The van der Waals surface area contributed by atoms with Crippen molar-refractivity contribution in [2.24, 2.45) is 0 Å². The van der Waals surface area contributed by atoms with Crippen LogP contribution < -0.4 is 5.32 Å². The molecule has 1 N–H and O–H groups in total. The van der Waals surface area contributed by atoms with Crippen LogP contribution in [0.1, 0.15) is 0 Å². The Kier molecular flexibility index (Phi) is 3.27. The number of halogens is 1. The van der Waals surface area contributed by atoms with Gasteiger partial charge in [-0.2, -0.15) is 0 Å². The molecule has 0 spiro atoms.